The highest BCUT2D eigenvalue weighted by molar-refractivity contribution is 7.98. The molecule has 0 fully saturated rings. The lowest BCUT2D eigenvalue weighted by Gasteiger charge is -2.17. The Bertz CT molecular complexity index is 360. The molecule has 0 saturated heterocycles. The fraction of sp³-hybridized carbons (Fsp3) is 0.733. The number of fused-ring (bicyclic) bond motifs is 1. The molecule has 102 valence electrons. The van der Waals surface area contributed by atoms with E-state index in [1.54, 1.807) is 10.4 Å². The molecular formula is C15H25NS2. The van der Waals surface area contributed by atoms with Gasteiger partial charge in [-0.2, -0.15) is 11.8 Å². The lowest BCUT2D eigenvalue weighted by Crippen LogP contribution is -2.14. The third kappa shape index (κ3) is 3.75. The Morgan fingerprint density at radius 1 is 1.28 bits per heavy atom. The van der Waals surface area contributed by atoms with Crippen LogP contribution < -0.4 is 5.73 Å². The number of thioether (sulfide) groups is 1. The molecule has 0 radical (unpaired) electrons. The molecule has 18 heavy (non-hydrogen) atoms. The number of rotatable bonds is 5. The lowest BCUT2D eigenvalue weighted by molar-refractivity contribution is 0.389. The number of nitrogens with two attached hydrogens (primary N) is 1. The summed E-state index contributed by atoms with van der Waals surface area (Å²) in [7, 11) is 0. The van der Waals surface area contributed by atoms with E-state index in [9.17, 15) is 0 Å². The van der Waals surface area contributed by atoms with Crippen LogP contribution in [0.5, 0.6) is 0 Å². The van der Waals surface area contributed by atoms with E-state index in [1.807, 2.05) is 11.3 Å². The highest BCUT2D eigenvalue weighted by Crippen LogP contribution is 2.35. The number of hydrogen-bond donors (Lipinski definition) is 1. The zero-order valence-corrected chi connectivity index (χ0v) is 13.4. The van der Waals surface area contributed by atoms with Gasteiger partial charge in [0.05, 0.1) is 0 Å². The molecule has 0 amide bonds. The molecule has 0 aromatic carbocycles. The Morgan fingerprint density at radius 3 is 2.72 bits per heavy atom. The van der Waals surface area contributed by atoms with Crippen LogP contribution in [0.15, 0.2) is 6.07 Å². The standard InChI is InChI=1S/C15H25NS2/c1-10(2)6-11(3)7-13(16)15-8-12-9-17-5-4-14(12)18-15/h8,10-11,13H,4-7,9,16H2,1-3H3. The highest BCUT2D eigenvalue weighted by atomic mass is 32.2. The van der Waals surface area contributed by atoms with E-state index in [4.69, 9.17) is 5.73 Å². The maximum Gasteiger partial charge on any atom is 0.0392 e. The normalized spacial score (nSPS) is 18.7. The van der Waals surface area contributed by atoms with Crippen LogP contribution in [-0.2, 0) is 12.2 Å². The second-order valence-electron chi connectivity index (χ2n) is 5.98. The third-order valence-corrected chi connectivity index (χ3v) is 5.92. The van der Waals surface area contributed by atoms with Crippen LogP contribution in [0.2, 0.25) is 0 Å². The zero-order chi connectivity index (χ0) is 13.1. The van der Waals surface area contributed by atoms with Gasteiger partial charge in [0.25, 0.3) is 0 Å². The van der Waals surface area contributed by atoms with Crippen LogP contribution in [0.3, 0.4) is 0 Å². The van der Waals surface area contributed by atoms with E-state index in [0.29, 0.717) is 0 Å². The first-order chi connectivity index (χ1) is 8.56. The molecule has 1 aromatic rings. The van der Waals surface area contributed by atoms with Gasteiger partial charge >= 0.3 is 0 Å². The summed E-state index contributed by atoms with van der Waals surface area (Å²) in [6, 6.07) is 2.62. The van der Waals surface area contributed by atoms with Crippen LogP contribution in [0, 0.1) is 11.8 Å². The first-order valence-corrected chi connectivity index (χ1v) is 8.98. The van der Waals surface area contributed by atoms with Crippen LogP contribution in [0.4, 0.5) is 0 Å². The van der Waals surface area contributed by atoms with Crippen molar-refractivity contribution in [2.45, 2.75) is 51.8 Å². The third-order valence-electron chi connectivity index (χ3n) is 3.54. The van der Waals surface area contributed by atoms with Gasteiger partial charge in [0.15, 0.2) is 0 Å². The molecule has 1 aliphatic rings. The SMILES string of the molecule is CC(C)CC(C)CC(N)c1cc2c(s1)CCSC2. The van der Waals surface area contributed by atoms with Gasteiger partial charge in [-0.15, -0.1) is 11.3 Å². The summed E-state index contributed by atoms with van der Waals surface area (Å²) in [4.78, 5) is 3.01. The quantitative estimate of drug-likeness (QED) is 0.854. The first-order valence-electron chi connectivity index (χ1n) is 7.01. The summed E-state index contributed by atoms with van der Waals surface area (Å²) >= 11 is 4.02. The van der Waals surface area contributed by atoms with Crippen molar-refractivity contribution >= 4 is 23.1 Å². The summed E-state index contributed by atoms with van der Waals surface area (Å²) < 4.78 is 0. The van der Waals surface area contributed by atoms with Gasteiger partial charge in [-0.3, -0.25) is 0 Å². The average Bonchev–Trinajstić information content (AvgIpc) is 2.71. The number of aryl methyl sites for hydroxylation is 1. The lowest BCUT2D eigenvalue weighted by atomic mass is 9.92. The molecule has 0 bridgehead atoms. The Morgan fingerprint density at radius 2 is 2.06 bits per heavy atom. The van der Waals surface area contributed by atoms with Gasteiger partial charge in [0, 0.05) is 21.5 Å². The fourth-order valence-corrected chi connectivity index (χ4v) is 5.19. The molecule has 0 spiro atoms. The van der Waals surface area contributed by atoms with Crippen LogP contribution in [0.1, 0.15) is 55.0 Å². The van der Waals surface area contributed by atoms with E-state index >= 15 is 0 Å². The molecule has 2 rings (SSSR count). The van der Waals surface area contributed by atoms with Crippen LogP contribution in [-0.4, -0.2) is 5.75 Å². The molecule has 0 aliphatic carbocycles. The predicted octanol–water partition coefficient (Wildman–Crippen LogP) is 4.61. The molecule has 1 aliphatic heterocycles. The summed E-state index contributed by atoms with van der Waals surface area (Å²) in [5.74, 6) is 3.99. The fourth-order valence-electron chi connectivity index (χ4n) is 2.80. The maximum absolute atomic E-state index is 6.39. The van der Waals surface area contributed by atoms with Crippen molar-refractivity contribution < 1.29 is 0 Å². The van der Waals surface area contributed by atoms with Crippen molar-refractivity contribution in [3.8, 4) is 0 Å². The molecule has 0 saturated carbocycles. The van der Waals surface area contributed by atoms with Crippen LogP contribution in [0.25, 0.3) is 0 Å². The molecule has 2 N–H and O–H groups in total. The molecule has 1 nitrogen and oxygen atoms in total. The second-order valence-corrected chi connectivity index (χ2v) is 8.25. The topological polar surface area (TPSA) is 26.0 Å². The largest absolute Gasteiger partial charge is 0.323 e. The van der Waals surface area contributed by atoms with E-state index in [2.05, 4.69) is 38.6 Å². The summed E-state index contributed by atoms with van der Waals surface area (Å²) in [5, 5.41) is 0. The monoisotopic (exact) mass is 283 g/mol. The van der Waals surface area contributed by atoms with E-state index in [-0.39, 0.29) is 6.04 Å². The minimum atomic E-state index is 0.249. The minimum absolute atomic E-state index is 0.249. The molecular weight excluding hydrogens is 258 g/mol. The average molecular weight is 284 g/mol. The Labute approximate surface area is 120 Å². The Hall–Kier alpha value is 0.01000. The highest BCUT2D eigenvalue weighted by Gasteiger charge is 2.18. The van der Waals surface area contributed by atoms with E-state index < -0.39 is 0 Å². The van der Waals surface area contributed by atoms with Crippen molar-refractivity contribution in [3.05, 3.63) is 21.4 Å². The van der Waals surface area contributed by atoms with Crippen molar-refractivity contribution in [3.63, 3.8) is 0 Å². The van der Waals surface area contributed by atoms with Crippen molar-refractivity contribution in [1.29, 1.82) is 0 Å². The zero-order valence-electron chi connectivity index (χ0n) is 11.7. The number of thiophene rings is 1. The Kier molecular flexibility index (Phi) is 5.16. The van der Waals surface area contributed by atoms with E-state index in [1.165, 1.54) is 29.2 Å². The smallest absolute Gasteiger partial charge is 0.0392 e. The summed E-state index contributed by atoms with van der Waals surface area (Å²) in [6.45, 7) is 6.93. The second kappa shape index (κ2) is 6.44. The van der Waals surface area contributed by atoms with E-state index in [0.717, 1.165) is 18.3 Å². The summed E-state index contributed by atoms with van der Waals surface area (Å²) in [6.07, 6.45) is 3.66. The molecule has 1 aromatic heterocycles. The van der Waals surface area contributed by atoms with Gasteiger partial charge in [0.1, 0.15) is 0 Å². The van der Waals surface area contributed by atoms with Gasteiger partial charge in [-0.25, -0.2) is 0 Å². The van der Waals surface area contributed by atoms with Crippen molar-refractivity contribution in [1.82, 2.24) is 0 Å². The van der Waals surface area contributed by atoms with Gasteiger partial charge in [-0.05, 0) is 48.5 Å². The minimum Gasteiger partial charge on any atom is -0.323 e. The van der Waals surface area contributed by atoms with Gasteiger partial charge < -0.3 is 5.73 Å². The molecule has 2 unspecified atom stereocenters. The first kappa shape index (κ1) is 14.4. The molecule has 3 heteroatoms. The molecule has 2 heterocycles. The van der Waals surface area contributed by atoms with Crippen molar-refractivity contribution in [2.75, 3.05) is 5.75 Å². The predicted molar refractivity (Wildman–Crippen MR) is 84.3 cm³/mol. The van der Waals surface area contributed by atoms with Gasteiger partial charge in [0.2, 0.25) is 0 Å². The van der Waals surface area contributed by atoms with Crippen LogP contribution >= 0.6 is 23.1 Å². The number of hydrogen-bond acceptors (Lipinski definition) is 3. The van der Waals surface area contributed by atoms with Crippen molar-refractivity contribution in [2.24, 2.45) is 17.6 Å². The van der Waals surface area contributed by atoms with Gasteiger partial charge in [-0.1, -0.05) is 20.8 Å². The summed E-state index contributed by atoms with van der Waals surface area (Å²) in [5.41, 5.74) is 7.94. The Balaban J connectivity index is 1.96. The maximum atomic E-state index is 6.39. The molecule has 2 atom stereocenters.